The van der Waals surface area contributed by atoms with Crippen LogP contribution in [0.25, 0.3) is 6.08 Å². The largest absolute Gasteiger partial charge is 0.497 e. The van der Waals surface area contributed by atoms with E-state index < -0.39 is 5.97 Å². The minimum atomic E-state index is -0.455. The van der Waals surface area contributed by atoms with E-state index in [-0.39, 0.29) is 5.78 Å². The Balaban J connectivity index is 1.79. The van der Waals surface area contributed by atoms with Gasteiger partial charge in [0.1, 0.15) is 5.75 Å². The van der Waals surface area contributed by atoms with Crippen LogP contribution in [0.5, 0.6) is 5.75 Å². The molecule has 0 amide bonds. The number of allylic oxidation sites excluding steroid dienone is 1. The van der Waals surface area contributed by atoms with Gasteiger partial charge in [-0.1, -0.05) is 29.8 Å². The van der Waals surface area contributed by atoms with Gasteiger partial charge in [0.25, 0.3) is 0 Å². The molecule has 5 nitrogen and oxygen atoms in total. The maximum Gasteiger partial charge on any atom is 0.338 e. The van der Waals surface area contributed by atoms with Crippen molar-refractivity contribution in [2.45, 2.75) is 6.54 Å². The quantitative estimate of drug-likeness (QED) is 0.412. The summed E-state index contributed by atoms with van der Waals surface area (Å²) in [6.45, 7) is 0.466. The number of hydrogen-bond donors (Lipinski definition) is 0. The highest BCUT2D eigenvalue weighted by Gasteiger charge is 2.13. The molecule has 0 aliphatic carbocycles. The van der Waals surface area contributed by atoms with Crippen LogP contribution in [0.2, 0.25) is 5.02 Å². The van der Waals surface area contributed by atoms with Crippen molar-refractivity contribution in [3.63, 3.8) is 0 Å². The van der Waals surface area contributed by atoms with Crippen molar-refractivity contribution < 1.29 is 19.1 Å². The molecule has 0 aliphatic rings. The van der Waals surface area contributed by atoms with Crippen molar-refractivity contribution in [3.8, 4) is 5.75 Å². The summed E-state index contributed by atoms with van der Waals surface area (Å²) >= 11 is 5.98. The van der Waals surface area contributed by atoms with E-state index in [4.69, 9.17) is 21.1 Å². The summed E-state index contributed by atoms with van der Waals surface area (Å²) in [7, 11) is 2.91. The number of aromatic nitrogens is 1. The average molecular weight is 410 g/mol. The van der Waals surface area contributed by atoms with Crippen molar-refractivity contribution in [2.75, 3.05) is 14.2 Å². The van der Waals surface area contributed by atoms with Crippen molar-refractivity contribution in [1.82, 2.24) is 4.57 Å². The Hall–Kier alpha value is -3.31. The topological polar surface area (TPSA) is 57.5 Å². The minimum Gasteiger partial charge on any atom is -0.497 e. The van der Waals surface area contributed by atoms with Gasteiger partial charge in [0.05, 0.1) is 25.5 Å². The van der Waals surface area contributed by atoms with Gasteiger partial charge in [-0.25, -0.2) is 4.79 Å². The van der Waals surface area contributed by atoms with Gasteiger partial charge in [0, 0.05) is 23.3 Å². The number of ether oxygens (including phenoxy) is 2. The summed E-state index contributed by atoms with van der Waals surface area (Å²) < 4.78 is 11.8. The first-order valence-electron chi connectivity index (χ1n) is 8.92. The summed E-state index contributed by atoms with van der Waals surface area (Å²) in [5.41, 5.74) is 2.24. The highest BCUT2D eigenvalue weighted by atomic mass is 35.5. The molecule has 29 heavy (non-hydrogen) atoms. The Morgan fingerprint density at radius 1 is 1.07 bits per heavy atom. The third kappa shape index (κ3) is 4.76. The van der Waals surface area contributed by atoms with E-state index in [1.54, 1.807) is 55.6 Å². The SMILES string of the molecule is COC(=O)c1cc(Cl)ccc1/C=C/Cn1cccc1C(=O)c1ccc(OC)cc1. The predicted molar refractivity (Wildman–Crippen MR) is 113 cm³/mol. The molecule has 0 aliphatic heterocycles. The number of carbonyl (C=O) groups excluding carboxylic acids is 2. The lowest BCUT2D eigenvalue weighted by atomic mass is 10.1. The van der Waals surface area contributed by atoms with Crippen LogP contribution in [-0.2, 0) is 11.3 Å². The zero-order chi connectivity index (χ0) is 20.8. The fourth-order valence-corrected chi connectivity index (χ4v) is 3.10. The summed E-state index contributed by atoms with van der Waals surface area (Å²) in [5, 5.41) is 0.459. The molecule has 1 aromatic heterocycles. The van der Waals surface area contributed by atoms with Gasteiger partial charge in [0.2, 0.25) is 5.78 Å². The second-order valence-electron chi connectivity index (χ2n) is 6.23. The maximum atomic E-state index is 12.8. The van der Waals surface area contributed by atoms with Crippen LogP contribution in [0, 0.1) is 0 Å². The third-order valence-electron chi connectivity index (χ3n) is 4.43. The number of carbonyl (C=O) groups is 2. The summed E-state index contributed by atoms with van der Waals surface area (Å²) in [6.07, 6.45) is 5.52. The van der Waals surface area contributed by atoms with E-state index in [1.165, 1.54) is 7.11 Å². The molecular formula is C23H20ClNO4. The fraction of sp³-hybridized carbons (Fsp3) is 0.130. The Kier molecular flexibility index (Phi) is 6.52. The highest BCUT2D eigenvalue weighted by molar-refractivity contribution is 6.31. The molecule has 0 radical (unpaired) electrons. The number of esters is 1. The zero-order valence-electron chi connectivity index (χ0n) is 16.1. The maximum absolute atomic E-state index is 12.8. The van der Waals surface area contributed by atoms with Crippen molar-refractivity contribution in [3.05, 3.63) is 94.3 Å². The second-order valence-corrected chi connectivity index (χ2v) is 6.67. The lowest BCUT2D eigenvalue weighted by Crippen LogP contribution is -2.09. The normalized spacial score (nSPS) is 10.9. The monoisotopic (exact) mass is 409 g/mol. The summed E-state index contributed by atoms with van der Waals surface area (Å²) in [4.78, 5) is 24.8. The van der Waals surface area contributed by atoms with Crippen LogP contribution in [-0.4, -0.2) is 30.5 Å². The number of halogens is 1. The first-order valence-corrected chi connectivity index (χ1v) is 9.29. The van der Waals surface area contributed by atoms with Gasteiger partial charge < -0.3 is 14.0 Å². The summed E-state index contributed by atoms with van der Waals surface area (Å²) in [6, 6.07) is 15.6. The number of ketones is 1. The van der Waals surface area contributed by atoms with Crippen LogP contribution in [0.15, 0.2) is 66.9 Å². The van der Waals surface area contributed by atoms with Gasteiger partial charge in [-0.05, 0) is 54.1 Å². The van der Waals surface area contributed by atoms with Crippen molar-refractivity contribution >= 4 is 29.4 Å². The first-order chi connectivity index (χ1) is 14.0. The van der Waals surface area contributed by atoms with E-state index in [0.29, 0.717) is 39.7 Å². The second kappa shape index (κ2) is 9.26. The third-order valence-corrected chi connectivity index (χ3v) is 4.67. The fourth-order valence-electron chi connectivity index (χ4n) is 2.92. The lowest BCUT2D eigenvalue weighted by Gasteiger charge is -2.08. The lowest BCUT2D eigenvalue weighted by molar-refractivity contribution is 0.0600. The van der Waals surface area contributed by atoms with Crippen LogP contribution >= 0.6 is 11.6 Å². The average Bonchev–Trinajstić information content (AvgIpc) is 3.22. The van der Waals surface area contributed by atoms with E-state index in [2.05, 4.69) is 0 Å². The van der Waals surface area contributed by atoms with Gasteiger partial charge in [-0.3, -0.25) is 4.79 Å². The van der Waals surface area contributed by atoms with Crippen molar-refractivity contribution in [2.24, 2.45) is 0 Å². The minimum absolute atomic E-state index is 0.0761. The zero-order valence-corrected chi connectivity index (χ0v) is 16.8. The van der Waals surface area contributed by atoms with Crippen LogP contribution in [0.1, 0.15) is 32.0 Å². The number of rotatable bonds is 7. The summed E-state index contributed by atoms with van der Waals surface area (Å²) in [5.74, 6) is 0.167. The molecule has 1 heterocycles. The van der Waals surface area contributed by atoms with Gasteiger partial charge in [-0.15, -0.1) is 0 Å². The van der Waals surface area contributed by atoms with Gasteiger partial charge in [0.15, 0.2) is 0 Å². The van der Waals surface area contributed by atoms with Gasteiger partial charge >= 0.3 is 5.97 Å². The molecular weight excluding hydrogens is 390 g/mol. The van der Waals surface area contributed by atoms with E-state index >= 15 is 0 Å². The number of nitrogens with zero attached hydrogens (tertiary/aromatic N) is 1. The molecule has 0 saturated heterocycles. The molecule has 0 N–H and O–H groups in total. The number of hydrogen-bond acceptors (Lipinski definition) is 4. The number of methoxy groups -OCH3 is 2. The van der Waals surface area contributed by atoms with Crippen LogP contribution < -0.4 is 4.74 Å². The van der Waals surface area contributed by atoms with Crippen LogP contribution in [0.3, 0.4) is 0 Å². The molecule has 2 aromatic carbocycles. The smallest absolute Gasteiger partial charge is 0.338 e. The molecule has 0 atom stereocenters. The standard InChI is InChI=1S/C23H20ClNO4/c1-28-19-11-8-17(9-12-19)22(26)21-6-4-14-25(21)13-3-5-16-7-10-18(24)15-20(16)23(27)29-2/h3-12,14-15H,13H2,1-2H3/b5-3+. The number of benzene rings is 2. The molecule has 6 heteroatoms. The van der Waals surface area contributed by atoms with E-state index in [0.717, 1.165) is 0 Å². The van der Waals surface area contributed by atoms with Gasteiger partial charge in [-0.2, -0.15) is 0 Å². The Morgan fingerprint density at radius 3 is 2.52 bits per heavy atom. The molecule has 3 rings (SSSR count). The molecule has 0 saturated carbocycles. The first kappa shape index (κ1) is 20.4. The van der Waals surface area contributed by atoms with E-state index in [1.807, 2.05) is 29.0 Å². The molecule has 0 fully saturated rings. The highest BCUT2D eigenvalue weighted by Crippen LogP contribution is 2.19. The molecule has 0 bridgehead atoms. The Labute approximate surface area is 174 Å². The Bertz CT molecular complexity index is 1050. The van der Waals surface area contributed by atoms with E-state index in [9.17, 15) is 9.59 Å². The molecule has 0 unspecified atom stereocenters. The van der Waals surface area contributed by atoms with Crippen LogP contribution in [0.4, 0.5) is 0 Å². The molecule has 0 spiro atoms. The van der Waals surface area contributed by atoms with Crippen molar-refractivity contribution in [1.29, 1.82) is 0 Å². The molecule has 148 valence electrons. The molecule has 3 aromatic rings. The Morgan fingerprint density at radius 2 is 1.83 bits per heavy atom. The predicted octanol–water partition coefficient (Wildman–Crippen LogP) is 4.88.